The van der Waals surface area contributed by atoms with E-state index >= 15 is 0 Å². The first-order chi connectivity index (χ1) is 57.2. The van der Waals surface area contributed by atoms with Crippen molar-refractivity contribution in [1.82, 2.24) is 73.3 Å². The Kier molecular flexibility index (Phi) is 30.1. The van der Waals surface area contributed by atoms with E-state index in [1.54, 1.807) is 129 Å². The molecule has 3 fully saturated rings. The molecule has 0 aliphatic carbocycles. The molecule has 9 aromatic heterocycles. The molecule has 654 valence electrons. The summed E-state index contributed by atoms with van der Waals surface area (Å²) in [5, 5.41) is 10.2. The Bertz CT molecular complexity index is 6310. The summed E-state index contributed by atoms with van der Waals surface area (Å²) < 4.78 is 70.8. The zero-order valence-electron chi connectivity index (χ0n) is 69.1. The number of carbonyl (C=O) groups is 3. The molecule has 3 saturated heterocycles. The predicted octanol–water partition coefficient (Wildman–Crippen LogP) is 17.8. The number of aliphatic hydroxyl groups excluding tert-OH is 1. The number of β-amino-alcohol motifs (C(OH)–C–C–N with tert-alkyl or cyclic N) is 1. The van der Waals surface area contributed by atoms with Crippen molar-refractivity contribution < 1.29 is 51.6 Å². The van der Waals surface area contributed by atoms with Crippen LogP contribution in [0, 0.1) is 38.2 Å². The Morgan fingerprint density at radius 2 is 0.798 bits per heavy atom. The first kappa shape index (κ1) is 95.6. The summed E-state index contributed by atoms with van der Waals surface area (Å²) >= 11 is 19.6. The van der Waals surface area contributed by atoms with E-state index in [0.717, 1.165) is 16.7 Å². The average molecular weight is 1760 g/mol. The van der Waals surface area contributed by atoms with E-state index in [9.17, 15) is 46.7 Å². The third kappa shape index (κ3) is 20.6. The molecular formula is C91H101Cl3F3N15O12. The van der Waals surface area contributed by atoms with Gasteiger partial charge in [-0.1, -0.05) is 142 Å². The number of amides is 3. The maximum absolute atomic E-state index is 14.8. The fourth-order valence-electron chi connectivity index (χ4n) is 13.6. The van der Waals surface area contributed by atoms with Crippen LogP contribution in [0.1, 0.15) is 157 Å². The molecule has 2 N–H and O–H groups in total. The minimum absolute atomic E-state index is 0. The SMILES string of the molecule is C.C.C.C=CC(=O)N1CC(Oc2nc(=O)n(-c3c(C)ccnc3C(C)C)c3nc(-c4ccccc4F)c(Cl)cc23)C1.CC(C)(C)OC(=O)N1CC(O)C1.Cc1ccnc(C(C)C)c1-n1c(=O)[nH]c(=O)c2cc(Cl)c(-c3ccccc3F)nc21.Cc1ccnc(C(C)C)c1-n1c(=O)nc(OC2CN(C(=O)OC(C)(C)C)C2)c2cc(Cl)c(-c3ccccc3F)nc21. The number of aromatic amines is 1. The number of hydrogen-bond acceptors (Lipinski definition) is 20. The lowest BCUT2D eigenvalue weighted by atomic mass is 10.0. The van der Waals surface area contributed by atoms with Gasteiger partial charge in [-0.15, -0.1) is 0 Å². The Hall–Kier alpha value is -12.3. The molecule has 0 radical (unpaired) electrons. The van der Waals surface area contributed by atoms with Crippen LogP contribution in [-0.2, 0) is 14.3 Å². The van der Waals surface area contributed by atoms with Crippen molar-refractivity contribution in [2.24, 2.45) is 0 Å². The van der Waals surface area contributed by atoms with Crippen LogP contribution >= 0.6 is 34.8 Å². The number of ether oxygens (including phenoxy) is 4. The van der Waals surface area contributed by atoms with E-state index in [2.05, 4.69) is 41.5 Å². The summed E-state index contributed by atoms with van der Waals surface area (Å²) in [5.74, 6) is -1.67. The monoisotopic (exact) mass is 1760 g/mol. The number of carbonyl (C=O) groups excluding carboxylic acids is 3. The fraction of sp³-hybridized carbons (Fsp3) is 0.352. The molecule has 0 atom stereocenters. The second-order valence-corrected chi connectivity index (χ2v) is 33.3. The number of aromatic nitrogens is 12. The minimum atomic E-state index is -0.653. The van der Waals surface area contributed by atoms with Gasteiger partial charge in [-0.25, -0.2) is 65.8 Å². The highest BCUT2D eigenvalue weighted by Gasteiger charge is 2.38. The van der Waals surface area contributed by atoms with Crippen LogP contribution < -0.4 is 32.1 Å². The third-order valence-corrected chi connectivity index (χ3v) is 20.3. The molecule has 3 aliphatic rings. The number of aliphatic hydroxyl groups is 1. The molecule has 12 heterocycles. The Morgan fingerprint density at radius 1 is 0.484 bits per heavy atom. The number of nitrogens with one attached hydrogen (secondary N) is 1. The van der Waals surface area contributed by atoms with Crippen molar-refractivity contribution in [3.63, 3.8) is 0 Å². The molecule has 15 rings (SSSR count). The summed E-state index contributed by atoms with van der Waals surface area (Å²) in [6.07, 6.45) is 4.33. The van der Waals surface area contributed by atoms with Gasteiger partial charge in [0.1, 0.15) is 40.9 Å². The van der Waals surface area contributed by atoms with Gasteiger partial charge in [0.25, 0.3) is 5.56 Å². The van der Waals surface area contributed by atoms with E-state index in [1.807, 2.05) is 83.1 Å². The highest BCUT2D eigenvalue weighted by atomic mass is 35.5. The van der Waals surface area contributed by atoms with Crippen molar-refractivity contribution in [2.75, 3.05) is 39.3 Å². The van der Waals surface area contributed by atoms with Crippen LogP contribution in [0.25, 0.3) is 83.9 Å². The summed E-state index contributed by atoms with van der Waals surface area (Å²) in [6, 6.07) is 28.3. The van der Waals surface area contributed by atoms with Crippen LogP contribution in [0.4, 0.5) is 22.8 Å². The highest BCUT2D eigenvalue weighted by Crippen LogP contribution is 2.40. The van der Waals surface area contributed by atoms with Gasteiger partial charge < -0.3 is 38.8 Å². The van der Waals surface area contributed by atoms with E-state index in [4.69, 9.17) is 68.8 Å². The number of halogens is 6. The molecule has 3 aliphatic heterocycles. The number of likely N-dealkylation sites (tertiary alicyclic amines) is 3. The molecule has 0 spiro atoms. The second kappa shape index (κ2) is 39.1. The second-order valence-electron chi connectivity index (χ2n) is 32.1. The van der Waals surface area contributed by atoms with Crippen molar-refractivity contribution in [2.45, 2.75) is 173 Å². The summed E-state index contributed by atoms with van der Waals surface area (Å²) in [5.41, 5.74) is 4.01. The molecule has 0 bridgehead atoms. The van der Waals surface area contributed by atoms with Gasteiger partial charge in [-0.2, -0.15) is 9.97 Å². The Balaban J connectivity index is 0.000000197. The lowest BCUT2D eigenvalue weighted by Gasteiger charge is -2.39. The van der Waals surface area contributed by atoms with Gasteiger partial charge in [-0.05, 0) is 176 Å². The maximum atomic E-state index is 14.8. The van der Waals surface area contributed by atoms with E-state index in [0.29, 0.717) is 71.1 Å². The van der Waals surface area contributed by atoms with Crippen LogP contribution in [0.3, 0.4) is 0 Å². The molecular weight excluding hydrogens is 1660 g/mol. The molecule has 27 nitrogen and oxygen atoms in total. The van der Waals surface area contributed by atoms with Gasteiger partial charge in [0.05, 0.1) is 128 Å². The average Bonchev–Trinajstić information content (AvgIpc) is 0.750. The van der Waals surface area contributed by atoms with E-state index in [-0.39, 0.29) is 160 Å². The van der Waals surface area contributed by atoms with Crippen molar-refractivity contribution in [3.05, 3.63) is 249 Å². The lowest BCUT2D eigenvalue weighted by Crippen LogP contribution is -2.57. The van der Waals surface area contributed by atoms with Crippen LogP contribution in [0.5, 0.6) is 11.8 Å². The van der Waals surface area contributed by atoms with Crippen molar-refractivity contribution in [1.29, 1.82) is 0 Å². The molecule has 3 amide bonds. The number of aryl methyl sites for hydroxylation is 3. The van der Waals surface area contributed by atoms with Gasteiger partial charge in [0.15, 0.2) is 16.9 Å². The zero-order chi connectivity index (χ0) is 87.7. The maximum Gasteiger partial charge on any atom is 0.410 e. The molecule has 12 aromatic rings. The number of H-pyrrole nitrogens is 1. The quantitative estimate of drug-likeness (QED) is 0.0955. The van der Waals surface area contributed by atoms with Crippen LogP contribution in [0.15, 0.2) is 160 Å². The minimum Gasteiger partial charge on any atom is -0.470 e. The van der Waals surface area contributed by atoms with Gasteiger partial charge in [0.2, 0.25) is 17.7 Å². The smallest absolute Gasteiger partial charge is 0.410 e. The summed E-state index contributed by atoms with van der Waals surface area (Å²) in [7, 11) is 0. The molecule has 124 heavy (non-hydrogen) atoms. The first-order valence-electron chi connectivity index (χ1n) is 38.8. The largest absolute Gasteiger partial charge is 0.470 e. The number of pyridine rings is 6. The normalized spacial score (nSPS) is 13.3. The predicted molar refractivity (Wildman–Crippen MR) is 477 cm³/mol. The fourth-order valence-corrected chi connectivity index (χ4v) is 14.3. The first-order valence-corrected chi connectivity index (χ1v) is 40.0. The number of benzene rings is 3. The van der Waals surface area contributed by atoms with Crippen LogP contribution in [-0.4, -0.2) is 165 Å². The molecule has 0 saturated carbocycles. The van der Waals surface area contributed by atoms with Crippen molar-refractivity contribution in [3.8, 4) is 62.6 Å². The summed E-state index contributed by atoms with van der Waals surface area (Å²) in [6.45, 7) is 33.7. The number of fused-ring (bicyclic) bond motifs is 3. The van der Waals surface area contributed by atoms with Gasteiger partial charge >= 0.3 is 29.3 Å². The van der Waals surface area contributed by atoms with Gasteiger partial charge in [0, 0.05) is 35.3 Å². The van der Waals surface area contributed by atoms with E-state index in [1.165, 1.54) is 53.8 Å². The standard InChI is InChI=1S/C30H31ClFN5O4.C28H25ClFN5O3.C22H18ClFN4O2.C8H15NO3.3CH4/c1-16(2)23-25(17(3)11-12-33-23)37-26-20(13-21(31)24(34-26)19-9-7-8-10-22(19)32)27(35-28(37)38)40-18-14-36(15-18)29(39)41-30(4,5)6;1-5-22(36)34-13-17(14-34)38-27-19-12-20(29)24(18-8-6-7-9-21(18)30)32-26(19)35(28(37)33-27)25-16(4)10-11-31-23(25)15(2)3;1-11(2)17-19(12(3)8-9-25-17)28-20-14(21(29)27-22(28)30)10-15(23)18(26-20)13-6-4-5-7-16(13)24;1-8(2,3)12-7(11)9-4-6(10)5-9;;;/h7-13,16,18H,14-15H2,1-6H3;5-12,15,17H,1,13-14H2,2-4H3;4-11H,1-3H3,(H,27,29,30);6,10H,4-5H2,1-3H3;3*1H4. The van der Waals surface area contributed by atoms with Crippen molar-refractivity contribution >= 4 is 86.0 Å². The molecule has 3 aromatic carbocycles. The number of nitrogens with zero attached hydrogens (tertiary/aromatic N) is 14. The highest BCUT2D eigenvalue weighted by molar-refractivity contribution is 6.34. The molecule has 33 heteroatoms. The number of hydrogen-bond donors (Lipinski definition) is 2. The Labute approximate surface area is 730 Å². The number of rotatable bonds is 14. The summed E-state index contributed by atoms with van der Waals surface area (Å²) in [4.78, 5) is 131. The van der Waals surface area contributed by atoms with Gasteiger partial charge in [-0.3, -0.25) is 29.5 Å². The van der Waals surface area contributed by atoms with E-state index < -0.39 is 63.5 Å². The topological polar surface area (TPSA) is 320 Å². The molecule has 0 unspecified atom stereocenters. The Morgan fingerprint density at radius 3 is 1.12 bits per heavy atom. The lowest BCUT2D eigenvalue weighted by molar-refractivity contribution is -0.134. The zero-order valence-corrected chi connectivity index (χ0v) is 71.4. The third-order valence-electron chi connectivity index (χ3n) is 19.5. The van der Waals surface area contributed by atoms with Crippen LogP contribution in [0.2, 0.25) is 15.1 Å².